The molecule has 0 saturated heterocycles. The predicted octanol–water partition coefficient (Wildman–Crippen LogP) is 3.54. The number of hydrogen-bond donors (Lipinski definition) is 2. The molecule has 5 heteroatoms. The molecule has 5 nitrogen and oxygen atoms in total. The number of anilines is 2. The van der Waals surface area contributed by atoms with Gasteiger partial charge in [-0.1, -0.05) is 0 Å². The van der Waals surface area contributed by atoms with Crippen molar-refractivity contribution in [2.24, 2.45) is 0 Å². The van der Waals surface area contributed by atoms with Gasteiger partial charge in [0.25, 0.3) is 5.91 Å². The van der Waals surface area contributed by atoms with Crippen LogP contribution in [0.15, 0.2) is 71.6 Å². The summed E-state index contributed by atoms with van der Waals surface area (Å²) in [6.45, 7) is 0.619. The minimum Gasteiger partial charge on any atom is -0.467 e. The van der Waals surface area contributed by atoms with Crippen LogP contribution in [0.3, 0.4) is 0 Å². The van der Waals surface area contributed by atoms with E-state index >= 15 is 0 Å². The number of aromatic nitrogens is 1. The summed E-state index contributed by atoms with van der Waals surface area (Å²) < 4.78 is 5.26. The van der Waals surface area contributed by atoms with Crippen molar-refractivity contribution in [3.8, 4) is 0 Å². The van der Waals surface area contributed by atoms with Crippen molar-refractivity contribution in [1.82, 2.24) is 4.98 Å². The number of hydrogen-bond acceptors (Lipinski definition) is 4. The summed E-state index contributed by atoms with van der Waals surface area (Å²) in [5.74, 6) is 0.693. The zero-order valence-electron chi connectivity index (χ0n) is 11.8. The summed E-state index contributed by atoms with van der Waals surface area (Å²) in [7, 11) is 0. The quantitative estimate of drug-likeness (QED) is 0.755. The molecule has 0 unspecified atom stereocenters. The highest BCUT2D eigenvalue weighted by Crippen LogP contribution is 2.15. The Hall–Kier alpha value is -3.08. The van der Waals surface area contributed by atoms with E-state index in [1.807, 2.05) is 36.4 Å². The SMILES string of the molecule is O=C(Nc1ccc(NCc2ccco2)cc1)c1cccnc1. The van der Waals surface area contributed by atoms with Crippen molar-refractivity contribution in [2.75, 3.05) is 10.6 Å². The van der Waals surface area contributed by atoms with Crippen LogP contribution in [0, 0.1) is 0 Å². The summed E-state index contributed by atoms with van der Waals surface area (Å²) in [5.41, 5.74) is 2.22. The third-order valence-corrected chi connectivity index (χ3v) is 3.11. The van der Waals surface area contributed by atoms with Crippen LogP contribution >= 0.6 is 0 Å². The van der Waals surface area contributed by atoms with Crippen LogP contribution < -0.4 is 10.6 Å². The largest absolute Gasteiger partial charge is 0.467 e. The van der Waals surface area contributed by atoms with E-state index in [1.165, 1.54) is 6.20 Å². The highest BCUT2D eigenvalue weighted by molar-refractivity contribution is 6.04. The van der Waals surface area contributed by atoms with Gasteiger partial charge in [0.15, 0.2) is 0 Å². The summed E-state index contributed by atoms with van der Waals surface area (Å²) in [6.07, 6.45) is 4.82. The number of furan rings is 1. The van der Waals surface area contributed by atoms with Crippen molar-refractivity contribution in [3.05, 3.63) is 78.5 Å². The molecular weight excluding hydrogens is 278 g/mol. The third-order valence-electron chi connectivity index (χ3n) is 3.11. The molecule has 2 heterocycles. The summed E-state index contributed by atoms with van der Waals surface area (Å²) in [4.78, 5) is 15.9. The number of amides is 1. The smallest absolute Gasteiger partial charge is 0.257 e. The van der Waals surface area contributed by atoms with Crippen molar-refractivity contribution < 1.29 is 9.21 Å². The Morgan fingerprint density at radius 1 is 1.05 bits per heavy atom. The second kappa shape index (κ2) is 6.58. The lowest BCUT2D eigenvalue weighted by atomic mass is 10.2. The molecule has 22 heavy (non-hydrogen) atoms. The second-order valence-electron chi connectivity index (χ2n) is 4.71. The number of nitrogens with one attached hydrogen (secondary N) is 2. The lowest BCUT2D eigenvalue weighted by Crippen LogP contribution is -2.11. The van der Waals surface area contributed by atoms with Gasteiger partial charge in [-0.25, -0.2) is 0 Å². The molecule has 2 N–H and O–H groups in total. The van der Waals surface area contributed by atoms with Crippen LogP contribution in [-0.4, -0.2) is 10.9 Å². The molecule has 1 amide bonds. The summed E-state index contributed by atoms with van der Waals surface area (Å²) >= 11 is 0. The Morgan fingerprint density at radius 2 is 1.86 bits per heavy atom. The van der Waals surface area contributed by atoms with Crippen LogP contribution in [0.25, 0.3) is 0 Å². The van der Waals surface area contributed by atoms with Crippen molar-refractivity contribution >= 4 is 17.3 Å². The molecule has 0 spiro atoms. The van der Waals surface area contributed by atoms with Crippen LogP contribution in [-0.2, 0) is 6.54 Å². The number of rotatable bonds is 5. The first-order valence-corrected chi connectivity index (χ1v) is 6.89. The highest BCUT2D eigenvalue weighted by Gasteiger charge is 2.05. The third kappa shape index (κ3) is 3.52. The molecule has 0 atom stereocenters. The zero-order valence-corrected chi connectivity index (χ0v) is 11.8. The normalized spacial score (nSPS) is 10.2. The number of benzene rings is 1. The van der Waals surface area contributed by atoms with Gasteiger partial charge in [-0.3, -0.25) is 9.78 Å². The Morgan fingerprint density at radius 3 is 2.55 bits per heavy atom. The zero-order chi connectivity index (χ0) is 15.2. The van der Waals surface area contributed by atoms with E-state index in [0.29, 0.717) is 12.1 Å². The minimum atomic E-state index is -0.176. The molecule has 3 aromatic rings. The van der Waals surface area contributed by atoms with E-state index < -0.39 is 0 Å². The fraction of sp³-hybridized carbons (Fsp3) is 0.0588. The number of carbonyl (C=O) groups excluding carboxylic acids is 1. The van der Waals surface area contributed by atoms with Gasteiger partial charge in [0.1, 0.15) is 5.76 Å². The monoisotopic (exact) mass is 293 g/mol. The molecule has 110 valence electrons. The molecule has 0 aliphatic rings. The number of pyridine rings is 1. The van der Waals surface area contributed by atoms with Gasteiger partial charge in [-0.2, -0.15) is 0 Å². The van der Waals surface area contributed by atoms with Gasteiger partial charge >= 0.3 is 0 Å². The van der Waals surface area contributed by atoms with Gasteiger partial charge in [-0.05, 0) is 48.5 Å². The second-order valence-corrected chi connectivity index (χ2v) is 4.71. The fourth-order valence-electron chi connectivity index (χ4n) is 1.97. The van der Waals surface area contributed by atoms with E-state index in [0.717, 1.165) is 17.1 Å². The number of nitrogens with zero attached hydrogens (tertiary/aromatic N) is 1. The average Bonchev–Trinajstić information content (AvgIpc) is 3.08. The molecule has 0 aliphatic carbocycles. The summed E-state index contributed by atoms with van der Waals surface area (Å²) in [5, 5.41) is 6.07. The van der Waals surface area contributed by atoms with Gasteiger partial charge in [-0.15, -0.1) is 0 Å². The van der Waals surface area contributed by atoms with E-state index in [4.69, 9.17) is 4.42 Å². The first-order valence-electron chi connectivity index (χ1n) is 6.89. The van der Waals surface area contributed by atoms with Crippen molar-refractivity contribution in [2.45, 2.75) is 6.54 Å². The van der Waals surface area contributed by atoms with Crippen LogP contribution in [0.1, 0.15) is 16.1 Å². The minimum absolute atomic E-state index is 0.176. The topological polar surface area (TPSA) is 67.2 Å². The van der Waals surface area contributed by atoms with Crippen LogP contribution in [0.2, 0.25) is 0 Å². The molecule has 0 aliphatic heterocycles. The standard InChI is InChI=1S/C17H15N3O2/c21-17(13-3-1-9-18-11-13)20-15-7-5-14(6-8-15)19-12-16-4-2-10-22-16/h1-11,19H,12H2,(H,20,21). The molecular formula is C17H15N3O2. The molecule has 0 radical (unpaired) electrons. The molecule has 0 fully saturated rings. The highest BCUT2D eigenvalue weighted by atomic mass is 16.3. The van der Waals surface area contributed by atoms with Gasteiger partial charge in [0.2, 0.25) is 0 Å². The Labute approximate surface area is 128 Å². The molecule has 2 aromatic heterocycles. The lowest BCUT2D eigenvalue weighted by molar-refractivity contribution is 0.102. The van der Waals surface area contributed by atoms with Gasteiger partial charge < -0.3 is 15.1 Å². The van der Waals surface area contributed by atoms with Gasteiger partial charge in [0.05, 0.1) is 18.4 Å². The maximum Gasteiger partial charge on any atom is 0.257 e. The van der Waals surface area contributed by atoms with Crippen LogP contribution in [0.4, 0.5) is 11.4 Å². The predicted molar refractivity (Wildman–Crippen MR) is 84.7 cm³/mol. The summed E-state index contributed by atoms with van der Waals surface area (Å²) in [6, 6.07) is 14.7. The molecule has 0 saturated carbocycles. The fourth-order valence-corrected chi connectivity index (χ4v) is 1.97. The Bertz CT molecular complexity index is 722. The van der Waals surface area contributed by atoms with E-state index in [-0.39, 0.29) is 5.91 Å². The first kappa shape index (κ1) is 13.9. The molecule has 0 bridgehead atoms. The van der Waals surface area contributed by atoms with E-state index in [2.05, 4.69) is 15.6 Å². The average molecular weight is 293 g/mol. The molecule has 1 aromatic carbocycles. The maximum atomic E-state index is 12.0. The maximum absolute atomic E-state index is 12.0. The van der Waals surface area contributed by atoms with E-state index in [1.54, 1.807) is 24.6 Å². The Balaban J connectivity index is 1.58. The first-order chi connectivity index (χ1) is 10.8. The Kier molecular flexibility index (Phi) is 4.15. The number of carbonyl (C=O) groups is 1. The van der Waals surface area contributed by atoms with Crippen molar-refractivity contribution in [3.63, 3.8) is 0 Å². The lowest BCUT2D eigenvalue weighted by Gasteiger charge is -2.07. The van der Waals surface area contributed by atoms with Crippen molar-refractivity contribution in [1.29, 1.82) is 0 Å². The molecule has 3 rings (SSSR count). The van der Waals surface area contributed by atoms with Crippen LogP contribution in [0.5, 0.6) is 0 Å². The van der Waals surface area contributed by atoms with Gasteiger partial charge in [0, 0.05) is 23.8 Å². The van der Waals surface area contributed by atoms with E-state index in [9.17, 15) is 4.79 Å².